The van der Waals surface area contributed by atoms with Crippen molar-refractivity contribution in [2.75, 3.05) is 53.0 Å². The van der Waals surface area contributed by atoms with Crippen LogP contribution >= 0.6 is 23.2 Å². The van der Waals surface area contributed by atoms with Crippen LogP contribution in [0.2, 0.25) is 10.0 Å². The third kappa shape index (κ3) is 6.13. The molecule has 1 heterocycles. The summed E-state index contributed by atoms with van der Waals surface area (Å²) in [6, 6.07) is 5.43. The Bertz CT molecular complexity index is 535. The lowest BCUT2D eigenvalue weighted by Gasteiger charge is -2.34. The number of hydrogen-bond acceptors (Lipinski definition) is 3. The molecule has 134 valence electrons. The van der Waals surface area contributed by atoms with Crippen LogP contribution < -0.4 is 5.32 Å². The Morgan fingerprint density at radius 1 is 1.25 bits per heavy atom. The van der Waals surface area contributed by atoms with Crippen molar-refractivity contribution in [2.24, 2.45) is 0 Å². The summed E-state index contributed by atoms with van der Waals surface area (Å²) in [5, 5.41) is 4.23. The fourth-order valence-corrected chi connectivity index (χ4v) is 3.25. The molecule has 0 radical (unpaired) electrons. The molecule has 0 atom stereocenters. The Labute approximate surface area is 153 Å². The predicted molar refractivity (Wildman–Crippen MR) is 98.1 cm³/mol. The number of ether oxygens (including phenoxy) is 1. The van der Waals surface area contributed by atoms with Gasteiger partial charge in [0.1, 0.15) is 0 Å². The van der Waals surface area contributed by atoms with Crippen LogP contribution in [0, 0.1) is 0 Å². The summed E-state index contributed by atoms with van der Waals surface area (Å²) in [6.45, 7) is 5.74. The summed E-state index contributed by atoms with van der Waals surface area (Å²) in [6.07, 6.45) is 1.73. The first-order valence-corrected chi connectivity index (χ1v) is 9.03. The zero-order valence-electron chi connectivity index (χ0n) is 14.1. The molecule has 1 aliphatic heterocycles. The molecule has 1 N–H and O–H groups in total. The van der Waals surface area contributed by atoms with E-state index in [1.807, 2.05) is 17.0 Å². The van der Waals surface area contributed by atoms with E-state index in [1.165, 1.54) is 0 Å². The number of carbonyl (C=O) groups excluding carboxylic acids is 1. The summed E-state index contributed by atoms with van der Waals surface area (Å²) in [7, 11) is 1.72. The summed E-state index contributed by atoms with van der Waals surface area (Å²) in [4.78, 5) is 16.5. The number of rotatable bonds is 7. The van der Waals surface area contributed by atoms with Crippen LogP contribution in [0.25, 0.3) is 0 Å². The summed E-state index contributed by atoms with van der Waals surface area (Å²) >= 11 is 12.0. The Morgan fingerprint density at radius 3 is 2.67 bits per heavy atom. The van der Waals surface area contributed by atoms with E-state index in [2.05, 4.69) is 10.2 Å². The Balaban J connectivity index is 1.66. The molecular weight excluding hydrogens is 349 g/mol. The number of methoxy groups -OCH3 is 1. The molecule has 2 rings (SSSR count). The molecule has 1 aromatic rings. The van der Waals surface area contributed by atoms with Gasteiger partial charge in [-0.3, -0.25) is 4.90 Å². The number of nitrogens with one attached hydrogen (secondary N) is 1. The average molecular weight is 374 g/mol. The van der Waals surface area contributed by atoms with E-state index in [4.69, 9.17) is 27.9 Å². The van der Waals surface area contributed by atoms with E-state index in [0.717, 1.165) is 51.3 Å². The molecule has 24 heavy (non-hydrogen) atoms. The van der Waals surface area contributed by atoms with Gasteiger partial charge in [0, 0.05) is 63.0 Å². The predicted octanol–water partition coefficient (Wildman–Crippen LogP) is 2.90. The lowest BCUT2D eigenvalue weighted by molar-refractivity contribution is 0.125. The SMILES string of the molecule is COCCCN1CCN(C(=O)NCCc2ccc(Cl)cc2Cl)CC1. The van der Waals surface area contributed by atoms with Crippen molar-refractivity contribution in [2.45, 2.75) is 12.8 Å². The van der Waals surface area contributed by atoms with Crippen molar-refractivity contribution in [3.8, 4) is 0 Å². The highest BCUT2D eigenvalue weighted by atomic mass is 35.5. The van der Waals surface area contributed by atoms with Gasteiger partial charge < -0.3 is 15.0 Å². The number of benzene rings is 1. The quantitative estimate of drug-likeness (QED) is 0.747. The minimum absolute atomic E-state index is 0.00312. The molecule has 1 aromatic carbocycles. The number of hydrogen-bond donors (Lipinski definition) is 1. The topological polar surface area (TPSA) is 44.8 Å². The van der Waals surface area contributed by atoms with E-state index in [1.54, 1.807) is 13.2 Å². The van der Waals surface area contributed by atoms with Crippen molar-refractivity contribution < 1.29 is 9.53 Å². The lowest BCUT2D eigenvalue weighted by atomic mass is 10.1. The van der Waals surface area contributed by atoms with E-state index in [9.17, 15) is 4.79 Å². The Hall–Kier alpha value is -1.01. The number of urea groups is 1. The molecule has 0 aromatic heterocycles. The van der Waals surface area contributed by atoms with Crippen molar-refractivity contribution in [3.05, 3.63) is 33.8 Å². The third-order valence-electron chi connectivity index (χ3n) is 4.17. The van der Waals surface area contributed by atoms with E-state index in [0.29, 0.717) is 23.0 Å². The molecule has 5 nitrogen and oxygen atoms in total. The van der Waals surface area contributed by atoms with Crippen LogP contribution in [0.1, 0.15) is 12.0 Å². The summed E-state index contributed by atoms with van der Waals surface area (Å²) < 4.78 is 5.07. The molecule has 0 saturated carbocycles. The van der Waals surface area contributed by atoms with Gasteiger partial charge in [-0.1, -0.05) is 29.3 Å². The first-order valence-electron chi connectivity index (χ1n) is 8.28. The second-order valence-electron chi connectivity index (χ2n) is 5.89. The highest BCUT2D eigenvalue weighted by Gasteiger charge is 2.20. The molecule has 0 unspecified atom stereocenters. The van der Waals surface area contributed by atoms with Crippen molar-refractivity contribution in [3.63, 3.8) is 0 Å². The number of amides is 2. The van der Waals surface area contributed by atoms with Crippen LogP contribution in [0.4, 0.5) is 4.79 Å². The molecule has 0 spiro atoms. The smallest absolute Gasteiger partial charge is 0.317 e. The largest absolute Gasteiger partial charge is 0.385 e. The number of halogens is 2. The number of carbonyl (C=O) groups is 1. The van der Waals surface area contributed by atoms with Crippen molar-refractivity contribution in [1.82, 2.24) is 15.1 Å². The molecule has 1 fully saturated rings. The third-order valence-corrected chi connectivity index (χ3v) is 4.75. The van der Waals surface area contributed by atoms with Gasteiger partial charge in [-0.05, 0) is 30.5 Å². The fourth-order valence-electron chi connectivity index (χ4n) is 2.75. The number of nitrogens with zero attached hydrogens (tertiary/aromatic N) is 2. The van der Waals surface area contributed by atoms with Crippen LogP contribution in [-0.4, -0.2) is 68.8 Å². The van der Waals surface area contributed by atoms with Crippen LogP contribution in [0.3, 0.4) is 0 Å². The maximum Gasteiger partial charge on any atom is 0.317 e. The zero-order chi connectivity index (χ0) is 17.4. The standard InChI is InChI=1S/C17H25Cl2N3O2/c1-24-12-2-7-21-8-10-22(11-9-21)17(23)20-6-5-14-3-4-15(18)13-16(14)19/h3-4,13H,2,5-12H2,1H3,(H,20,23). The zero-order valence-corrected chi connectivity index (χ0v) is 15.6. The minimum Gasteiger partial charge on any atom is -0.385 e. The van der Waals surface area contributed by atoms with Gasteiger partial charge in [-0.15, -0.1) is 0 Å². The number of piperazine rings is 1. The molecule has 2 amide bonds. The molecule has 1 aliphatic rings. The molecular formula is C17H25Cl2N3O2. The minimum atomic E-state index is -0.00312. The van der Waals surface area contributed by atoms with Crippen LogP contribution in [-0.2, 0) is 11.2 Å². The highest BCUT2D eigenvalue weighted by molar-refractivity contribution is 6.35. The van der Waals surface area contributed by atoms with Gasteiger partial charge in [0.25, 0.3) is 0 Å². The Kier molecular flexibility index (Phi) is 8.12. The van der Waals surface area contributed by atoms with Crippen LogP contribution in [0.15, 0.2) is 18.2 Å². The van der Waals surface area contributed by atoms with Gasteiger partial charge >= 0.3 is 6.03 Å². The second-order valence-corrected chi connectivity index (χ2v) is 6.74. The van der Waals surface area contributed by atoms with Gasteiger partial charge in [0.05, 0.1) is 0 Å². The molecule has 0 aliphatic carbocycles. The maximum atomic E-state index is 12.2. The first-order chi connectivity index (χ1) is 11.6. The summed E-state index contributed by atoms with van der Waals surface area (Å²) in [5.41, 5.74) is 0.990. The first kappa shape index (κ1) is 19.3. The molecule has 1 saturated heterocycles. The van der Waals surface area contributed by atoms with E-state index in [-0.39, 0.29) is 6.03 Å². The molecule has 0 bridgehead atoms. The van der Waals surface area contributed by atoms with Crippen molar-refractivity contribution in [1.29, 1.82) is 0 Å². The maximum absolute atomic E-state index is 12.2. The van der Waals surface area contributed by atoms with Gasteiger partial charge in [0.15, 0.2) is 0 Å². The van der Waals surface area contributed by atoms with E-state index < -0.39 is 0 Å². The van der Waals surface area contributed by atoms with Gasteiger partial charge in [-0.2, -0.15) is 0 Å². The lowest BCUT2D eigenvalue weighted by Crippen LogP contribution is -2.52. The second kappa shape index (κ2) is 10.1. The average Bonchev–Trinajstić information content (AvgIpc) is 2.57. The van der Waals surface area contributed by atoms with Gasteiger partial charge in [0.2, 0.25) is 0 Å². The van der Waals surface area contributed by atoms with Crippen molar-refractivity contribution >= 4 is 29.2 Å². The van der Waals surface area contributed by atoms with Gasteiger partial charge in [-0.25, -0.2) is 4.79 Å². The highest BCUT2D eigenvalue weighted by Crippen LogP contribution is 2.21. The van der Waals surface area contributed by atoms with E-state index >= 15 is 0 Å². The fraction of sp³-hybridized carbons (Fsp3) is 0.588. The normalized spacial score (nSPS) is 15.5. The molecule has 7 heteroatoms. The van der Waals surface area contributed by atoms with Crippen LogP contribution in [0.5, 0.6) is 0 Å². The monoisotopic (exact) mass is 373 g/mol. The summed E-state index contributed by atoms with van der Waals surface area (Å²) in [5.74, 6) is 0. The Morgan fingerprint density at radius 2 is 2.00 bits per heavy atom.